The SMILES string of the molecule is COc1ccc(NC(=O)CN(C)Cc2ccco2)c(N)c1. The lowest BCUT2D eigenvalue weighted by atomic mass is 10.2. The average molecular weight is 289 g/mol. The molecular weight excluding hydrogens is 270 g/mol. The van der Waals surface area contributed by atoms with Crippen molar-refractivity contribution in [3.8, 4) is 5.75 Å². The molecule has 21 heavy (non-hydrogen) atoms. The third-order valence-electron chi connectivity index (χ3n) is 2.95. The fourth-order valence-electron chi connectivity index (χ4n) is 1.94. The first-order valence-corrected chi connectivity index (χ1v) is 6.53. The van der Waals surface area contributed by atoms with E-state index in [0.717, 1.165) is 5.76 Å². The maximum absolute atomic E-state index is 12.0. The number of nitrogen functional groups attached to an aromatic ring is 1. The van der Waals surface area contributed by atoms with Gasteiger partial charge in [0.05, 0.1) is 37.8 Å². The molecule has 112 valence electrons. The van der Waals surface area contributed by atoms with Crippen LogP contribution in [0, 0.1) is 0 Å². The predicted octanol–water partition coefficient (Wildman–Crippen LogP) is 1.94. The maximum Gasteiger partial charge on any atom is 0.238 e. The molecule has 1 heterocycles. The van der Waals surface area contributed by atoms with Gasteiger partial charge in [0.25, 0.3) is 0 Å². The van der Waals surface area contributed by atoms with Gasteiger partial charge < -0.3 is 20.2 Å². The Balaban J connectivity index is 1.89. The molecule has 0 aliphatic heterocycles. The number of anilines is 2. The van der Waals surface area contributed by atoms with E-state index < -0.39 is 0 Å². The number of carbonyl (C=O) groups is 1. The van der Waals surface area contributed by atoms with E-state index in [4.69, 9.17) is 14.9 Å². The molecule has 0 saturated carbocycles. The van der Waals surface area contributed by atoms with Crippen molar-refractivity contribution in [1.29, 1.82) is 0 Å². The number of hydrogen-bond donors (Lipinski definition) is 2. The lowest BCUT2D eigenvalue weighted by Crippen LogP contribution is -2.29. The summed E-state index contributed by atoms with van der Waals surface area (Å²) >= 11 is 0. The molecule has 0 saturated heterocycles. The lowest BCUT2D eigenvalue weighted by Gasteiger charge is -2.15. The molecule has 1 aromatic carbocycles. The quantitative estimate of drug-likeness (QED) is 0.794. The van der Waals surface area contributed by atoms with Gasteiger partial charge in [0.2, 0.25) is 5.91 Å². The van der Waals surface area contributed by atoms with Crippen LogP contribution in [-0.2, 0) is 11.3 Å². The largest absolute Gasteiger partial charge is 0.497 e. The molecule has 3 N–H and O–H groups in total. The molecule has 6 nitrogen and oxygen atoms in total. The summed E-state index contributed by atoms with van der Waals surface area (Å²) in [6, 6.07) is 8.83. The Bertz CT molecular complexity index is 596. The first-order chi connectivity index (χ1) is 10.1. The van der Waals surface area contributed by atoms with Crippen LogP contribution in [0.3, 0.4) is 0 Å². The first kappa shape index (κ1) is 14.9. The molecular formula is C15H19N3O3. The van der Waals surface area contributed by atoms with Crippen molar-refractivity contribution in [2.24, 2.45) is 0 Å². The van der Waals surface area contributed by atoms with Crippen LogP contribution in [0.2, 0.25) is 0 Å². The number of rotatable bonds is 6. The number of likely N-dealkylation sites (N-methyl/N-ethyl adjacent to an activating group) is 1. The Morgan fingerprint density at radius 3 is 2.86 bits per heavy atom. The Kier molecular flexibility index (Phi) is 4.84. The minimum atomic E-state index is -0.138. The third-order valence-corrected chi connectivity index (χ3v) is 2.95. The number of furan rings is 1. The van der Waals surface area contributed by atoms with E-state index in [1.807, 2.05) is 24.1 Å². The van der Waals surface area contributed by atoms with Crippen LogP contribution < -0.4 is 15.8 Å². The second kappa shape index (κ2) is 6.81. The molecule has 0 spiro atoms. The molecule has 0 radical (unpaired) electrons. The van der Waals surface area contributed by atoms with Gasteiger partial charge in [-0.1, -0.05) is 0 Å². The summed E-state index contributed by atoms with van der Waals surface area (Å²) in [4.78, 5) is 13.8. The zero-order valence-electron chi connectivity index (χ0n) is 12.1. The number of hydrogen-bond acceptors (Lipinski definition) is 5. The Hall–Kier alpha value is -2.47. The average Bonchev–Trinajstić information content (AvgIpc) is 2.93. The topological polar surface area (TPSA) is 80.7 Å². The number of nitrogens with two attached hydrogens (primary N) is 1. The van der Waals surface area contributed by atoms with Crippen LogP contribution in [-0.4, -0.2) is 31.5 Å². The molecule has 1 aromatic heterocycles. The summed E-state index contributed by atoms with van der Waals surface area (Å²) in [5, 5.41) is 2.78. The summed E-state index contributed by atoms with van der Waals surface area (Å²) in [7, 11) is 3.41. The number of benzene rings is 1. The van der Waals surface area contributed by atoms with Crippen LogP contribution in [0.25, 0.3) is 0 Å². The van der Waals surface area contributed by atoms with Gasteiger partial charge in [0.15, 0.2) is 0 Å². The van der Waals surface area contributed by atoms with E-state index in [1.54, 1.807) is 31.6 Å². The van der Waals surface area contributed by atoms with Gasteiger partial charge in [-0.3, -0.25) is 9.69 Å². The number of nitrogens with zero attached hydrogens (tertiary/aromatic N) is 1. The molecule has 0 atom stereocenters. The van der Waals surface area contributed by atoms with Crippen LogP contribution in [0.4, 0.5) is 11.4 Å². The monoisotopic (exact) mass is 289 g/mol. The van der Waals surface area contributed by atoms with Gasteiger partial charge in [0, 0.05) is 6.07 Å². The fraction of sp³-hybridized carbons (Fsp3) is 0.267. The molecule has 0 aliphatic carbocycles. The number of methoxy groups -OCH3 is 1. The van der Waals surface area contributed by atoms with E-state index in [0.29, 0.717) is 23.7 Å². The van der Waals surface area contributed by atoms with E-state index >= 15 is 0 Å². The molecule has 1 amide bonds. The molecule has 0 bridgehead atoms. The third kappa shape index (κ3) is 4.25. The van der Waals surface area contributed by atoms with Gasteiger partial charge in [-0.2, -0.15) is 0 Å². The Labute approximate surface area is 123 Å². The normalized spacial score (nSPS) is 10.6. The van der Waals surface area contributed by atoms with E-state index in [-0.39, 0.29) is 12.5 Å². The molecule has 2 aromatic rings. The van der Waals surface area contributed by atoms with Crippen LogP contribution >= 0.6 is 0 Å². The summed E-state index contributed by atoms with van der Waals surface area (Å²) in [5.41, 5.74) is 6.91. The smallest absolute Gasteiger partial charge is 0.238 e. The van der Waals surface area contributed by atoms with Gasteiger partial charge >= 0.3 is 0 Å². The second-order valence-corrected chi connectivity index (χ2v) is 4.75. The zero-order chi connectivity index (χ0) is 15.2. The fourth-order valence-corrected chi connectivity index (χ4v) is 1.94. The number of nitrogens with one attached hydrogen (secondary N) is 1. The summed E-state index contributed by atoms with van der Waals surface area (Å²) in [6.45, 7) is 0.810. The van der Waals surface area contributed by atoms with Crippen molar-refractivity contribution < 1.29 is 13.9 Å². The number of amides is 1. The van der Waals surface area contributed by atoms with Crippen molar-refractivity contribution >= 4 is 17.3 Å². The van der Waals surface area contributed by atoms with Crippen molar-refractivity contribution in [3.63, 3.8) is 0 Å². The van der Waals surface area contributed by atoms with E-state index in [1.165, 1.54) is 0 Å². The van der Waals surface area contributed by atoms with Crippen molar-refractivity contribution in [2.75, 3.05) is 31.8 Å². The maximum atomic E-state index is 12.0. The van der Waals surface area contributed by atoms with Gasteiger partial charge in [0.1, 0.15) is 11.5 Å². The van der Waals surface area contributed by atoms with E-state index in [9.17, 15) is 4.79 Å². The highest BCUT2D eigenvalue weighted by atomic mass is 16.5. The van der Waals surface area contributed by atoms with Crippen molar-refractivity contribution in [3.05, 3.63) is 42.4 Å². The molecule has 0 unspecified atom stereocenters. The minimum Gasteiger partial charge on any atom is -0.497 e. The summed E-state index contributed by atoms with van der Waals surface area (Å²) < 4.78 is 10.3. The molecule has 2 rings (SSSR count). The highest BCUT2D eigenvalue weighted by molar-refractivity contribution is 5.95. The Morgan fingerprint density at radius 1 is 1.43 bits per heavy atom. The predicted molar refractivity (Wildman–Crippen MR) is 81.1 cm³/mol. The molecule has 6 heteroatoms. The highest BCUT2D eigenvalue weighted by Gasteiger charge is 2.10. The highest BCUT2D eigenvalue weighted by Crippen LogP contribution is 2.23. The van der Waals surface area contributed by atoms with E-state index in [2.05, 4.69) is 5.32 Å². The summed E-state index contributed by atoms with van der Waals surface area (Å²) in [6.07, 6.45) is 1.61. The number of ether oxygens (including phenoxy) is 1. The number of carbonyl (C=O) groups excluding carboxylic acids is 1. The molecule has 0 fully saturated rings. The van der Waals surface area contributed by atoms with Gasteiger partial charge in [-0.05, 0) is 31.3 Å². The van der Waals surface area contributed by atoms with Gasteiger partial charge in [-0.25, -0.2) is 0 Å². The first-order valence-electron chi connectivity index (χ1n) is 6.53. The van der Waals surface area contributed by atoms with Crippen molar-refractivity contribution in [1.82, 2.24) is 4.90 Å². The van der Waals surface area contributed by atoms with Crippen LogP contribution in [0.5, 0.6) is 5.75 Å². The second-order valence-electron chi connectivity index (χ2n) is 4.75. The summed E-state index contributed by atoms with van der Waals surface area (Å²) in [5.74, 6) is 1.33. The van der Waals surface area contributed by atoms with Crippen molar-refractivity contribution in [2.45, 2.75) is 6.54 Å². The zero-order valence-corrected chi connectivity index (χ0v) is 12.1. The molecule has 0 aliphatic rings. The minimum absolute atomic E-state index is 0.138. The van der Waals surface area contributed by atoms with Crippen LogP contribution in [0.1, 0.15) is 5.76 Å². The Morgan fingerprint density at radius 2 is 2.24 bits per heavy atom. The van der Waals surface area contributed by atoms with Gasteiger partial charge in [-0.15, -0.1) is 0 Å². The lowest BCUT2D eigenvalue weighted by molar-refractivity contribution is -0.117. The van der Waals surface area contributed by atoms with Crippen LogP contribution in [0.15, 0.2) is 41.0 Å². The standard InChI is InChI=1S/C15H19N3O3/c1-18(9-12-4-3-7-21-12)10-15(19)17-14-6-5-11(20-2)8-13(14)16/h3-8H,9-10,16H2,1-2H3,(H,17,19).